The van der Waals surface area contributed by atoms with Gasteiger partial charge >= 0.3 is 0 Å². The predicted molar refractivity (Wildman–Crippen MR) is 88.7 cm³/mol. The van der Waals surface area contributed by atoms with Gasteiger partial charge in [0.25, 0.3) is 0 Å². The van der Waals surface area contributed by atoms with Crippen molar-refractivity contribution in [2.24, 2.45) is 0 Å². The van der Waals surface area contributed by atoms with E-state index >= 15 is 0 Å². The van der Waals surface area contributed by atoms with Crippen LogP contribution in [0.3, 0.4) is 0 Å². The standard InChI is InChI=1S/C17H32N4/c1-7-13(2)20(6)10-11-21-15-8-9-18-12-14(15)19-16(21)17(3,4)5/h13,18H,7-12H2,1-6H3. The van der Waals surface area contributed by atoms with Crippen LogP contribution in [0, 0.1) is 0 Å². The minimum absolute atomic E-state index is 0.103. The van der Waals surface area contributed by atoms with Crippen molar-refractivity contribution in [1.29, 1.82) is 0 Å². The number of likely N-dealkylation sites (N-methyl/N-ethyl adjacent to an activating group) is 1. The molecule has 0 radical (unpaired) electrons. The fraction of sp³-hybridized carbons (Fsp3) is 0.824. The van der Waals surface area contributed by atoms with Crippen molar-refractivity contribution >= 4 is 0 Å². The first-order chi connectivity index (χ1) is 9.84. The van der Waals surface area contributed by atoms with Crippen LogP contribution in [0.4, 0.5) is 0 Å². The third-order valence-electron chi connectivity index (χ3n) is 4.68. The van der Waals surface area contributed by atoms with Gasteiger partial charge in [0, 0.05) is 49.8 Å². The number of imidazole rings is 1. The summed E-state index contributed by atoms with van der Waals surface area (Å²) in [5, 5.41) is 3.44. The molecule has 0 aromatic carbocycles. The molecule has 0 saturated carbocycles. The molecule has 0 amide bonds. The number of nitrogens with zero attached hydrogens (tertiary/aromatic N) is 3. The van der Waals surface area contributed by atoms with Crippen LogP contribution in [0.15, 0.2) is 0 Å². The third kappa shape index (κ3) is 3.67. The van der Waals surface area contributed by atoms with Gasteiger partial charge in [-0.3, -0.25) is 0 Å². The summed E-state index contributed by atoms with van der Waals surface area (Å²) in [6.07, 6.45) is 2.31. The summed E-state index contributed by atoms with van der Waals surface area (Å²) in [4.78, 5) is 7.41. The quantitative estimate of drug-likeness (QED) is 0.905. The van der Waals surface area contributed by atoms with Crippen LogP contribution < -0.4 is 5.32 Å². The van der Waals surface area contributed by atoms with Crippen LogP contribution >= 0.6 is 0 Å². The second-order valence-electron chi connectivity index (χ2n) is 7.40. The Morgan fingerprint density at radius 3 is 2.71 bits per heavy atom. The topological polar surface area (TPSA) is 33.1 Å². The first-order valence-corrected chi connectivity index (χ1v) is 8.34. The van der Waals surface area contributed by atoms with E-state index in [9.17, 15) is 0 Å². The van der Waals surface area contributed by atoms with Crippen LogP contribution in [-0.2, 0) is 24.9 Å². The average Bonchev–Trinajstić information content (AvgIpc) is 2.82. The van der Waals surface area contributed by atoms with Gasteiger partial charge in [-0.15, -0.1) is 0 Å². The molecule has 4 heteroatoms. The summed E-state index contributed by atoms with van der Waals surface area (Å²) in [6.45, 7) is 15.5. The average molecular weight is 292 g/mol. The number of hydrogen-bond donors (Lipinski definition) is 1. The molecule has 1 unspecified atom stereocenters. The molecule has 1 aliphatic heterocycles. The van der Waals surface area contributed by atoms with E-state index in [0.717, 1.165) is 32.6 Å². The summed E-state index contributed by atoms with van der Waals surface area (Å²) in [6, 6.07) is 0.643. The lowest BCUT2D eigenvalue weighted by molar-refractivity contribution is 0.239. The smallest absolute Gasteiger partial charge is 0.114 e. The molecule has 0 spiro atoms. The van der Waals surface area contributed by atoms with Crippen molar-refractivity contribution in [3.05, 3.63) is 17.2 Å². The largest absolute Gasteiger partial charge is 0.330 e. The second-order valence-corrected chi connectivity index (χ2v) is 7.40. The zero-order valence-corrected chi connectivity index (χ0v) is 14.7. The molecular formula is C17H32N4. The minimum atomic E-state index is 0.103. The molecule has 2 heterocycles. The molecule has 0 aliphatic carbocycles. The molecule has 1 N–H and O–H groups in total. The Kier molecular flexibility index (Phi) is 5.10. The minimum Gasteiger partial charge on any atom is -0.330 e. The molecule has 21 heavy (non-hydrogen) atoms. The van der Waals surface area contributed by atoms with Gasteiger partial charge in [-0.1, -0.05) is 27.7 Å². The normalized spacial score (nSPS) is 17.1. The van der Waals surface area contributed by atoms with E-state index in [1.165, 1.54) is 23.6 Å². The number of fused-ring (bicyclic) bond motifs is 1. The predicted octanol–water partition coefficient (Wildman–Crippen LogP) is 2.56. The molecule has 0 fully saturated rings. The monoisotopic (exact) mass is 292 g/mol. The van der Waals surface area contributed by atoms with Gasteiger partial charge in [0.15, 0.2) is 0 Å². The molecular weight excluding hydrogens is 260 g/mol. The number of hydrogen-bond acceptors (Lipinski definition) is 3. The van der Waals surface area contributed by atoms with Gasteiger partial charge in [-0.05, 0) is 20.4 Å². The Bertz CT molecular complexity index is 470. The Morgan fingerprint density at radius 2 is 2.10 bits per heavy atom. The Balaban J connectivity index is 2.22. The van der Waals surface area contributed by atoms with Crippen molar-refractivity contribution in [1.82, 2.24) is 19.8 Å². The highest BCUT2D eigenvalue weighted by molar-refractivity contribution is 5.23. The van der Waals surface area contributed by atoms with Gasteiger partial charge < -0.3 is 14.8 Å². The Morgan fingerprint density at radius 1 is 1.38 bits per heavy atom. The van der Waals surface area contributed by atoms with Crippen molar-refractivity contribution < 1.29 is 0 Å². The van der Waals surface area contributed by atoms with E-state index < -0.39 is 0 Å². The van der Waals surface area contributed by atoms with E-state index in [-0.39, 0.29) is 5.41 Å². The van der Waals surface area contributed by atoms with Crippen molar-refractivity contribution in [3.8, 4) is 0 Å². The number of nitrogens with one attached hydrogen (secondary N) is 1. The summed E-state index contributed by atoms with van der Waals surface area (Å²) in [5.74, 6) is 1.24. The fourth-order valence-electron chi connectivity index (χ4n) is 2.97. The van der Waals surface area contributed by atoms with E-state index in [1.807, 2.05) is 0 Å². The molecule has 2 rings (SSSR count). The highest BCUT2D eigenvalue weighted by atomic mass is 15.2. The summed E-state index contributed by atoms with van der Waals surface area (Å²) in [5.41, 5.74) is 2.82. The molecule has 120 valence electrons. The van der Waals surface area contributed by atoms with Crippen molar-refractivity contribution in [3.63, 3.8) is 0 Å². The molecule has 0 bridgehead atoms. The molecule has 1 aromatic rings. The van der Waals surface area contributed by atoms with E-state index in [1.54, 1.807) is 0 Å². The lowest BCUT2D eigenvalue weighted by Gasteiger charge is -2.27. The number of rotatable bonds is 5. The van der Waals surface area contributed by atoms with Crippen LogP contribution in [0.25, 0.3) is 0 Å². The maximum Gasteiger partial charge on any atom is 0.114 e. The second kappa shape index (κ2) is 6.49. The third-order valence-corrected chi connectivity index (χ3v) is 4.68. The van der Waals surface area contributed by atoms with Gasteiger partial charge in [0.1, 0.15) is 5.82 Å². The van der Waals surface area contributed by atoms with E-state index in [2.05, 4.69) is 56.5 Å². The first kappa shape index (κ1) is 16.5. The zero-order chi connectivity index (χ0) is 15.6. The van der Waals surface area contributed by atoms with Gasteiger partial charge in [-0.2, -0.15) is 0 Å². The van der Waals surface area contributed by atoms with Crippen LogP contribution in [0.1, 0.15) is 58.3 Å². The maximum absolute atomic E-state index is 4.95. The number of aromatic nitrogens is 2. The lowest BCUT2D eigenvalue weighted by Crippen LogP contribution is -2.33. The molecule has 1 aromatic heterocycles. The van der Waals surface area contributed by atoms with Gasteiger partial charge in [0.2, 0.25) is 0 Å². The van der Waals surface area contributed by atoms with E-state index in [4.69, 9.17) is 4.98 Å². The van der Waals surface area contributed by atoms with Crippen LogP contribution in [-0.4, -0.2) is 40.6 Å². The molecule has 0 saturated heterocycles. The van der Waals surface area contributed by atoms with Crippen LogP contribution in [0.2, 0.25) is 0 Å². The summed E-state index contributed by atoms with van der Waals surface area (Å²) in [7, 11) is 2.23. The van der Waals surface area contributed by atoms with E-state index in [0.29, 0.717) is 6.04 Å². The summed E-state index contributed by atoms with van der Waals surface area (Å²) < 4.78 is 2.50. The highest BCUT2D eigenvalue weighted by Gasteiger charge is 2.27. The highest BCUT2D eigenvalue weighted by Crippen LogP contribution is 2.26. The summed E-state index contributed by atoms with van der Waals surface area (Å²) >= 11 is 0. The van der Waals surface area contributed by atoms with Gasteiger partial charge in [-0.25, -0.2) is 4.98 Å². The molecule has 1 aliphatic rings. The van der Waals surface area contributed by atoms with Crippen molar-refractivity contribution in [2.45, 2.75) is 72.0 Å². The maximum atomic E-state index is 4.95. The lowest BCUT2D eigenvalue weighted by atomic mass is 9.95. The SMILES string of the molecule is CCC(C)N(C)CCn1c(C(C)(C)C)nc2c1CCNC2. The molecule has 1 atom stereocenters. The Hall–Kier alpha value is -0.870. The van der Waals surface area contributed by atoms with Crippen LogP contribution in [0.5, 0.6) is 0 Å². The van der Waals surface area contributed by atoms with Crippen molar-refractivity contribution in [2.75, 3.05) is 20.1 Å². The zero-order valence-electron chi connectivity index (χ0n) is 14.7. The molecule has 4 nitrogen and oxygen atoms in total. The first-order valence-electron chi connectivity index (χ1n) is 8.34. The fourth-order valence-corrected chi connectivity index (χ4v) is 2.97. The van der Waals surface area contributed by atoms with Gasteiger partial charge in [0.05, 0.1) is 5.69 Å². The Labute approximate surface area is 129 Å².